The normalized spacial score (nSPS) is 14.5. The predicted octanol–water partition coefficient (Wildman–Crippen LogP) is 2.66. The molecule has 0 amide bonds. The van der Waals surface area contributed by atoms with Crippen LogP contribution in [0.4, 0.5) is 0 Å². The number of thiophene rings is 1. The highest BCUT2D eigenvalue weighted by atomic mass is 32.1. The Kier molecular flexibility index (Phi) is 4.30. The molecule has 3 rings (SSSR count). The molecular weight excluding hydrogens is 254 g/mol. The molecule has 3 nitrogen and oxygen atoms in total. The largest absolute Gasteiger partial charge is 0.333 e. The molecule has 0 atom stereocenters. The van der Waals surface area contributed by atoms with Gasteiger partial charge in [-0.1, -0.05) is 0 Å². The second kappa shape index (κ2) is 6.35. The van der Waals surface area contributed by atoms with Crippen molar-refractivity contribution in [1.82, 2.24) is 14.9 Å². The number of hydrogen-bond acceptors (Lipinski definition) is 3. The van der Waals surface area contributed by atoms with E-state index in [9.17, 15) is 0 Å². The molecule has 0 bridgehead atoms. The number of hydrogen-bond donors (Lipinski definition) is 1. The van der Waals surface area contributed by atoms with Gasteiger partial charge in [0.2, 0.25) is 0 Å². The lowest BCUT2D eigenvalue weighted by atomic mass is 10.0. The van der Waals surface area contributed by atoms with Crippen LogP contribution in [-0.4, -0.2) is 22.6 Å². The van der Waals surface area contributed by atoms with Gasteiger partial charge in [-0.15, -0.1) is 0 Å². The van der Waals surface area contributed by atoms with Crippen molar-refractivity contribution in [2.45, 2.75) is 38.6 Å². The van der Waals surface area contributed by atoms with E-state index in [1.165, 1.54) is 42.6 Å². The number of rotatable bonds is 6. The summed E-state index contributed by atoms with van der Waals surface area (Å²) in [6.07, 6.45) is 8.17. The summed E-state index contributed by atoms with van der Waals surface area (Å²) < 4.78 is 2.34. The van der Waals surface area contributed by atoms with Crippen molar-refractivity contribution in [3.8, 4) is 0 Å². The van der Waals surface area contributed by atoms with E-state index in [4.69, 9.17) is 0 Å². The molecule has 0 aliphatic heterocycles. The molecule has 1 aliphatic rings. The quantitative estimate of drug-likeness (QED) is 0.821. The van der Waals surface area contributed by atoms with Crippen molar-refractivity contribution in [3.63, 3.8) is 0 Å². The molecule has 1 N–H and O–H groups in total. The molecule has 0 aromatic carbocycles. The van der Waals surface area contributed by atoms with Gasteiger partial charge in [0.25, 0.3) is 0 Å². The van der Waals surface area contributed by atoms with Gasteiger partial charge in [0, 0.05) is 18.8 Å². The standard InChI is InChI=1S/C15H21N3S/c1-2-4-15-14(3-1)17-12-18(15)9-8-16-7-5-13-6-10-19-11-13/h6,10-12,16H,1-5,7-9H2. The fourth-order valence-corrected chi connectivity index (χ4v) is 3.42. The van der Waals surface area contributed by atoms with Crippen molar-refractivity contribution in [1.29, 1.82) is 0 Å². The van der Waals surface area contributed by atoms with Crippen LogP contribution in [0, 0.1) is 0 Å². The van der Waals surface area contributed by atoms with Crippen LogP contribution in [-0.2, 0) is 25.8 Å². The van der Waals surface area contributed by atoms with Crippen molar-refractivity contribution < 1.29 is 0 Å². The minimum Gasteiger partial charge on any atom is -0.333 e. The Morgan fingerprint density at radius 3 is 3.11 bits per heavy atom. The molecule has 2 aromatic heterocycles. The summed E-state index contributed by atoms with van der Waals surface area (Å²) >= 11 is 1.78. The van der Waals surface area contributed by atoms with E-state index < -0.39 is 0 Å². The van der Waals surface area contributed by atoms with Gasteiger partial charge in [0.1, 0.15) is 0 Å². The molecule has 0 saturated carbocycles. The number of aryl methyl sites for hydroxylation is 1. The number of nitrogens with zero attached hydrogens (tertiary/aromatic N) is 2. The molecule has 2 aromatic rings. The van der Waals surface area contributed by atoms with E-state index in [-0.39, 0.29) is 0 Å². The first-order chi connectivity index (χ1) is 9.43. The Bertz CT molecular complexity index is 501. The van der Waals surface area contributed by atoms with Gasteiger partial charge in [-0.2, -0.15) is 11.3 Å². The summed E-state index contributed by atoms with van der Waals surface area (Å²) in [5.41, 5.74) is 4.26. The van der Waals surface area contributed by atoms with Crippen molar-refractivity contribution >= 4 is 11.3 Å². The Hall–Kier alpha value is -1.13. The molecular formula is C15H21N3S. The van der Waals surface area contributed by atoms with Gasteiger partial charge in [-0.05, 0) is 61.0 Å². The van der Waals surface area contributed by atoms with Gasteiger partial charge < -0.3 is 9.88 Å². The molecule has 102 valence electrons. The van der Waals surface area contributed by atoms with Crippen LogP contribution in [0.2, 0.25) is 0 Å². The third-order valence-corrected chi connectivity index (χ3v) is 4.54. The molecule has 0 radical (unpaired) electrons. The lowest BCUT2D eigenvalue weighted by Gasteiger charge is -2.14. The minimum absolute atomic E-state index is 1.03. The second-order valence-electron chi connectivity index (χ2n) is 5.17. The molecule has 0 spiro atoms. The maximum absolute atomic E-state index is 4.53. The second-order valence-corrected chi connectivity index (χ2v) is 5.95. The summed E-state index contributed by atoms with van der Waals surface area (Å²) in [5, 5.41) is 7.90. The fraction of sp³-hybridized carbons (Fsp3) is 0.533. The van der Waals surface area contributed by atoms with Crippen molar-refractivity contribution in [2.24, 2.45) is 0 Å². The zero-order valence-corrected chi connectivity index (χ0v) is 12.1. The third kappa shape index (κ3) is 3.25. The first kappa shape index (κ1) is 12.9. The van der Waals surface area contributed by atoms with Crippen LogP contribution >= 0.6 is 11.3 Å². The van der Waals surface area contributed by atoms with E-state index in [2.05, 4.69) is 31.7 Å². The number of aromatic nitrogens is 2. The predicted molar refractivity (Wildman–Crippen MR) is 79.8 cm³/mol. The highest BCUT2D eigenvalue weighted by Gasteiger charge is 2.14. The lowest BCUT2D eigenvalue weighted by Crippen LogP contribution is -2.23. The molecule has 4 heteroatoms. The van der Waals surface area contributed by atoms with E-state index in [0.29, 0.717) is 0 Å². The first-order valence-corrected chi connectivity index (χ1v) is 8.12. The minimum atomic E-state index is 1.03. The molecule has 0 saturated heterocycles. The first-order valence-electron chi connectivity index (χ1n) is 7.18. The van der Waals surface area contributed by atoms with Gasteiger partial charge in [-0.25, -0.2) is 4.98 Å². The molecule has 0 unspecified atom stereocenters. The summed E-state index contributed by atoms with van der Waals surface area (Å²) in [4.78, 5) is 4.53. The summed E-state index contributed by atoms with van der Waals surface area (Å²) in [6, 6.07) is 2.21. The van der Waals surface area contributed by atoms with Gasteiger partial charge in [0.15, 0.2) is 0 Å². The van der Waals surface area contributed by atoms with Crippen LogP contribution in [0.1, 0.15) is 29.8 Å². The Morgan fingerprint density at radius 1 is 1.26 bits per heavy atom. The lowest BCUT2D eigenvalue weighted by molar-refractivity contribution is 0.564. The van der Waals surface area contributed by atoms with E-state index in [1.807, 2.05) is 6.33 Å². The topological polar surface area (TPSA) is 29.9 Å². The van der Waals surface area contributed by atoms with Gasteiger partial charge in [0.05, 0.1) is 12.0 Å². The number of imidazole rings is 1. The zero-order valence-electron chi connectivity index (χ0n) is 11.3. The van der Waals surface area contributed by atoms with E-state index in [0.717, 1.165) is 26.1 Å². The van der Waals surface area contributed by atoms with E-state index in [1.54, 1.807) is 11.3 Å². The highest BCUT2D eigenvalue weighted by molar-refractivity contribution is 7.07. The summed E-state index contributed by atoms with van der Waals surface area (Å²) in [7, 11) is 0. The SMILES string of the molecule is c1cc(CCNCCn2cnc3c2CCCC3)cs1. The van der Waals surface area contributed by atoms with Crippen LogP contribution in [0.5, 0.6) is 0 Å². The molecule has 2 heterocycles. The van der Waals surface area contributed by atoms with Crippen LogP contribution in [0.3, 0.4) is 0 Å². The number of nitrogens with one attached hydrogen (secondary N) is 1. The average molecular weight is 275 g/mol. The highest BCUT2D eigenvalue weighted by Crippen LogP contribution is 2.19. The fourth-order valence-electron chi connectivity index (χ4n) is 2.72. The molecule has 1 aliphatic carbocycles. The maximum Gasteiger partial charge on any atom is 0.0952 e. The van der Waals surface area contributed by atoms with E-state index >= 15 is 0 Å². The van der Waals surface area contributed by atoms with Crippen LogP contribution in [0.25, 0.3) is 0 Å². The van der Waals surface area contributed by atoms with Crippen molar-refractivity contribution in [3.05, 3.63) is 40.1 Å². The maximum atomic E-state index is 4.53. The Morgan fingerprint density at radius 2 is 2.21 bits per heavy atom. The summed E-state index contributed by atoms with van der Waals surface area (Å²) in [6.45, 7) is 3.15. The Labute approximate surface area is 118 Å². The molecule has 0 fully saturated rings. The molecule has 19 heavy (non-hydrogen) atoms. The van der Waals surface area contributed by atoms with Crippen LogP contribution in [0.15, 0.2) is 23.2 Å². The Balaban J connectivity index is 1.41. The number of fused-ring (bicyclic) bond motifs is 1. The summed E-state index contributed by atoms with van der Waals surface area (Å²) in [5.74, 6) is 0. The van der Waals surface area contributed by atoms with Gasteiger partial charge >= 0.3 is 0 Å². The van der Waals surface area contributed by atoms with Crippen molar-refractivity contribution in [2.75, 3.05) is 13.1 Å². The zero-order chi connectivity index (χ0) is 12.9. The van der Waals surface area contributed by atoms with Crippen LogP contribution < -0.4 is 5.32 Å². The average Bonchev–Trinajstić information content (AvgIpc) is 3.08. The van der Waals surface area contributed by atoms with Gasteiger partial charge in [-0.3, -0.25) is 0 Å². The monoisotopic (exact) mass is 275 g/mol. The third-order valence-electron chi connectivity index (χ3n) is 3.81. The smallest absolute Gasteiger partial charge is 0.0952 e.